The molecule has 1 aliphatic rings. The number of halogens is 1. The summed E-state index contributed by atoms with van der Waals surface area (Å²) in [6, 6.07) is 7.45. The highest BCUT2D eigenvalue weighted by atomic mass is 35.5. The topological polar surface area (TPSA) is 42.4 Å². The summed E-state index contributed by atoms with van der Waals surface area (Å²) in [5, 5.41) is 12.0. The molecular formula is C14H14ClNO2. The highest BCUT2D eigenvalue weighted by molar-refractivity contribution is 6.35. The Morgan fingerprint density at radius 2 is 2.28 bits per heavy atom. The van der Waals surface area contributed by atoms with E-state index in [0.29, 0.717) is 11.6 Å². The van der Waals surface area contributed by atoms with Crippen LogP contribution in [-0.2, 0) is 4.74 Å². The molecule has 1 saturated heterocycles. The molecule has 0 aliphatic carbocycles. The standard InChI is InChI=1S/C14H14ClNO2/c15-12-4-3-11(13-10(12)2-1-6-16-13)14(17)9-5-7-18-8-9/h1-4,6,9,14,17H,5,7-8H2. The largest absolute Gasteiger partial charge is 0.388 e. The van der Waals surface area contributed by atoms with Gasteiger partial charge in [0.2, 0.25) is 0 Å². The van der Waals surface area contributed by atoms with Crippen LogP contribution >= 0.6 is 11.6 Å². The number of aliphatic hydroxyl groups is 1. The van der Waals surface area contributed by atoms with Gasteiger partial charge in [-0.2, -0.15) is 0 Å². The average molecular weight is 264 g/mol. The number of benzene rings is 1. The first kappa shape index (κ1) is 11.9. The molecular weight excluding hydrogens is 250 g/mol. The van der Waals surface area contributed by atoms with Crippen molar-refractivity contribution in [1.82, 2.24) is 4.98 Å². The van der Waals surface area contributed by atoms with E-state index in [1.807, 2.05) is 24.3 Å². The zero-order chi connectivity index (χ0) is 12.5. The third-order valence-corrected chi connectivity index (χ3v) is 3.81. The van der Waals surface area contributed by atoms with Crippen molar-refractivity contribution in [2.24, 2.45) is 5.92 Å². The van der Waals surface area contributed by atoms with E-state index >= 15 is 0 Å². The fourth-order valence-electron chi connectivity index (χ4n) is 2.45. The van der Waals surface area contributed by atoms with Gasteiger partial charge in [-0.15, -0.1) is 0 Å². The number of hydrogen-bond donors (Lipinski definition) is 1. The van der Waals surface area contributed by atoms with Crippen molar-refractivity contribution in [3.8, 4) is 0 Å². The van der Waals surface area contributed by atoms with Crippen molar-refractivity contribution >= 4 is 22.5 Å². The summed E-state index contributed by atoms with van der Waals surface area (Å²) in [6.07, 6.45) is 2.07. The lowest BCUT2D eigenvalue weighted by Crippen LogP contribution is -2.13. The van der Waals surface area contributed by atoms with Crippen LogP contribution in [0, 0.1) is 5.92 Å². The maximum absolute atomic E-state index is 10.4. The summed E-state index contributed by atoms with van der Waals surface area (Å²) in [5.41, 5.74) is 1.62. The monoisotopic (exact) mass is 263 g/mol. The Bertz CT molecular complexity index is 567. The molecule has 0 radical (unpaired) electrons. The molecule has 1 aliphatic heterocycles. The van der Waals surface area contributed by atoms with Crippen LogP contribution in [-0.4, -0.2) is 23.3 Å². The van der Waals surface area contributed by atoms with Crippen molar-refractivity contribution in [1.29, 1.82) is 0 Å². The van der Waals surface area contributed by atoms with Gasteiger partial charge in [0, 0.05) is 34.7 Å². The molecule has 0 spiro atoms. The summed E-state index contributed by atoms with van der Waals surface area (Å²) >= 11 is 6.15. The lowest BCUT2D eigenvalue weighted by Gasteiger charge is -2.18. The smallest absolute Gasteiger partial charge is 0.0862 e. The lowest BCUT2D eigenvalue weighted by atomic mass is 9.93. The predicted octanol–water partition coefficient (Wildman–Crippen LogP) is 2.96. The second-order valence-electron chi connectivity index (χ2n) is 4.60. The molecule has 3 nitrogen and oxygen atoms in total. The van der Waals surface area contributed by atoms with Gasteiger partial charge < -0.3 is 9.84 Å². The van der Waals surface area contributed by atoms with Gasteiger partial charge in [-0.05, 0) is 24.6 Å². The molecule has 94 valence electrons. The first-order valence-electron chi connectivity index (χ1n) is 6.06. The number of fused-ring (bicyclic) bond motifs is 1. The van der Waals surface area contributed by atoms with Gasteiger partial charge in [-0.25, -0.2) is 0 Å². The highest BCUT2D eigenvalue weighted by Gasteiger charge is 2.27. The summed E-state index contributed by atoms with van der Waals surface area (Å²) in [7, 11) is 0. The Hall–Kier alpha value is -1.16. The van der Waals surface area contributed by atoms with Gasteiger partial charge in [-0.3, -0.25) is 4.98 Å². The first-order chi connectivity index (χ1) is 8.77. The van der Waals surface area contributed by atoms with Gasteiger partial charge in [0.1, 0.15) is 0 Å². The molecule has 2 heterocycles. The van der Waals surface area contributed by atoms with E-state index in [2.05, 4.69) is 4.98 Å². The normalized spacial score (nSPS) is 21.3. The maximum Gasteiger partial charge on any atom is 0.0862 e. The van der Waals surface area contributed by atoms with Crippen LogP contribution in [0.15, 0.2) is 30.5 Å². The van der Waals surface area contributed by atoms with Crippen LogP contribution in [0.25, 0.3) is 10.9 Å². The average Bonchev–Trinajstić information content (AvgIpc) is 2.93. The summed E-state index contributed by atoms with van der Waals surface area (Å²) < 4.78 is 5.33. The van der Waals surface area contributed by atoms with Crippen molar-refractivity contribution in [2.75, 3.05) is 13.2 Å². The van der Waals surface area contributed by atoms with Crippen LogP contribution in [0.4, 0.5) is 0 Å². The van der Waals surface area contributed by atoms with Crippen LogP contribution in [0.2, 0.25) is 5.02 Å². The van der Waals surface area contributed by atoms with Gasteiger partial charge in [-0.1, -0.05) is 17.7 Å². The Balaban J connectivity index is 2.08. The Morgan fingerprint density at radius 3 is 3.06 bits per heavy atom. The van der Waals surface area contributed by atoms with Crippen molar-refractivity contribution in [2.45, 2.75) is 12.5 Å². The number of hydrogen-bond acceptors (Lipinski definition) is 3. The van der Waals surface area contributed by atoms with E-state index in [4.69, 9.17) is 16.3 Å². The number of aromatic nitrogens is 1. The van der Waals surface area contributed by atoms with E-state index in [9.17, 15) is 5.11 Å². The van der Waals surface area contributed by atoms with E-state index in [0.717, 1.165) is 29.5 Å². The summed E-state index contributed by atoms with van der Waals surface area (Å²) in [5.74, 6) is 0.149. The van der Waals surface area contributed by atoms with Gasteiger partial charge in [0.25, 0.3) is 0 Å². The quantitative estimate of drug-likeness (QED) is 0.906. The zero-order valence-corrected chi connectivity index (χ0v) is 10.6. The van der Waals surface area contributed by atoms with Gasteiger partial charge in [0.15, 0.2) is 0 Å². The second-order valence-corrected chi connectivity index (χ2v) is 5.01. The fraction of sp³-hybridized carbons (Fsp3) is 0.357. The van der Waals surface area contributed by atoms with Gasteiger partial charge in [0.05, 0.1) is 18.2 Å². The predicted molar refractivity (Wildman–Crippen MR) is 70.6 cm³/mol. The van der Waals surface area contributed by atoms with Crippen LogP contribution in [0.1, 0.15) is 18.1 Å². The van der Waals surface area contributed by atoms with Gasteiger partial charge >= 0.3 is 0 Å². The molecule has 0 bridgehead atoms. The number of nitrogens with zero attached hydrogens (tertiary/aromatic N) is 1. The summed E-state index contributed by atoms with van der Waals surface area (Å²) in [4.78, 5) is 4.35. The Kier molecular flexibility index (Phi) is 3.20. The molecule has 1 fully saturated rings. The van der Waals surface area contributed by atoms with Crippen LogP contribution in [0.3, 0.4) is 0 Å². The molecule has 18 heavy (non-hydrogen) atoms. The van der Waals surface area contributed by atoms with Crippen LogP contribution < -0.4 is 0 Å². The Morgan fingerprint density at radius 1 is 1.39 bits per heavy atom. The number of ether oxygens (including phenoxy) is 1. The SMILES string of the molecule is OC(c1ccc(Cl)c2cccnc12)C1CCOC1. The number of aliphatic hydroxyl groups excluding tert-OH is 1. The van der Waals surface area contributed by atoms with Crippen molar-refractivity contribution in [3.05, 3.63) is 41.0 Å². The molecule has 2 aromatic rings. The zero-order valence-electron chi connectivity index (χ0n) is 9.84. The molecule has 1 aromatic heterocycles. The second kappa shape index (κ2) is 4.84. The number of rotatable bonds is 2. The van der Waals surface area contributed by atoms with E-state index in [1.165, 1.54) is 0 Å². The third-order valence-electron chi connectivity index (χ3n) is 3.48. The minimum absolute atomic E-state index is 0.149. The fourth-order valence-corrected chi connectivity index (χ4v) is 2.67. The molecule has 1 aromatic carbocycles. The molecule has 2 unspecified atom stereocenters. The Labute approximate surface area is 110 Å². The van der Waals surface area contributed by atoms with E-state index in [-0.39, 0.29) is 5.92 Å². The highest BCUT2D eigenvalue weighted by Crippen LogP contribution is 2.34. The summed E-state index contributed by atoms with van der Waals surface area (Å²) in [6.45, 7) is 1.33. The van der Waals surface area contributed by atoms with E-state index in [1.54, 1.807) is 6.20 Å². The molecule has 4 heteroatoms. The molecule has 1 N–H and O–H groups in total. The first-order valence-corrected chi connectivity index (χ1v) is 6.44. The van der Waals surface area contributed by atoms with Crippen molar-refractivity contribution in [3.63, 3.8) is 0 Å². The number of pyridine rings is 1. The molecule has 0 saturated carbocycles. The molecule has 3 rings (SSSR count). The minimum atomic E-state index is -0.540. The maximum atomic E-state index is 10.4. The lowest BCUT2D eigenvalue weighted by molar-refractivity contribution is 0.0927. The van der Waals surface area contributed by atoms with E-state index < -0.39 is 6.10 Å². The molecule has 0 amide bonds. The minimum Gasteiger partial charge on any atom is -0.388 e. The molecule has 2 atom stereocenters. The van der Waals surface area contributed by atoms with Crippen LogP contribution in [0.5, 0.6) is 0 Å². The third kappa shape index (κ3) is 1.99. The van der Waals surface area contributed by atoms with Crippen molar-refractivity contribution < 1.29 is 9.84 Å².